The molecule has 4 aromatic rings. The van der Waals surface area contributed by atoms with Gasteiger partial charge >= 0.3 is 5.97 Å². The minimum atomic E-state index is -1.35. The predicted molar refractivity (Wildman–Crippen MR) is 155 cm³/mol. The molecule has 1 saturated carbocycles. The summed E-state index contributed by atoms with van der Waals surface area (Å²) in [5.74, 6) is -1.42. The number of oxime groups is 1. The molecule has 2 aromatic heterocycles. The number of nitrogens with zero attached hydrogens (tertiary/aromatic N) is 4. The number of ether oxygens (including phenoxy) is 1. The third-order valence-electron chi connectivity index (χ3n) is 7.54. The second-order valence-corrected chi connectivity index (χ2v) is 10.6. The molecule has 1 aliphatic carbocycles. The maximum absolute atomic E-state index is 15.3. The van der Waals surface area contributed by atoms with Gasteiger partial charge < -0.3 is 29.9 Å². The summed E-state index contributed by atoms with van der Waals surface area (Å²) in [6.07, 6.45) is 2.98. The van der Waals surface area contributed by atoms with Crippen molar-refractivity contribution in [3.8, 4) is 5.75 Å². The first-order chi connectivity index (χ1) is 20.4. The molecule has 42 heavy (non-hydrogen) atoms. The molecule has 3 heterocycles. The van der Waals surface area contributed by atoms with Crippen molar-refractivity contribution in [2.24, 2.45) is 16.8 Å². The van der Waals surface area contributed by atoms with E-state index in [9.17, 15) is 14.7 Å². The Morgan fingerprint density at radius 1 is 1.10 bits per heavy atom. The number of halogens is 1. The zero-order chi connectivity index (χ0) is 29.2. The lowest BCUT2D eigenvalue weighted by Gasteiger charge is -2.19. The molecule has 0 spiro atoms. The number of fused-ring (bicyclic) bond motifs is 1. The van der Waals surface area contributed by atoms with Gasteiger partial charge in [0.05, 0.1) is 17.6 Å². The molecule has 11 heteroatoms. The molecule has 10 nitrogen and oxygen atoms in total. The minimum absolute atomic E-state index is 0.0300. The third-order valence-corrected chi connectivity index (χ3v) is 7.54. The molecule has 1 atom stereocenters. The fourth-order valence-corrected chi connectivity index (χ4v) is 5.09. The summed E-state index contributed by atoms with van der Waals surface area (Å²) in [6, 6.07) is 18.6. The Balaban J connectivity index is 1.15. The lowest BCUT2D eigenvalue weighted by atomic mass is 10.1. The Kier molecular flexibility index (Phi) is 7.58. The van der Waals surface area contributed by atoms with E-state index >= 15 is 4.39 Å². The number of benzene rings is 2. The van der Waals surface area contributed by atoms with Crippen LogP contribution in [-0.4, -0.2) is 46.0 Å². The Morgan fingerprint density at radius 3 is 2.52 bits per heavy atom. The quantitative estimate of drug-likeness (QED) is 0.272. The van der Waals surface area contributed by atoms with E-state index in [0.29, 0.717) is 18.9 Å². The van der Waals surface area contributed by atoms with Gasteiger partial charge in [0, 0.05) is 31.2 Å². The highest BCUT2D eigenvalue weighted by Crippen LogP contribution is 2.37. The van der Waals surface area contributed by atoms with Gasteiger partial charge in [-0.3, -0.25) is 4.79 Å². The van der Waals surface area contributed by atoms with Gasteiger partial charge in [0.25, 0.3) is 0 Å². The van der Waals surface area contributed by atoms with Crippen LogP contribution in [0.5, 0.6) is 5.75 Å². The molecule has 0 bridgehead atoms. The lowest BCUT2D eigenvalue weighted by molar-refractivity contribution is 0.0694. The molecule has 0 amide bonds. The SMILES string of the molecule is NCC1CN(c2nc3c(cc2F)c(=O)c(C(=O)O)cn3C2CC2)C/C1=N\OCc1ccc(OCc2ccccc2)cc1. The summed E-state index contributed by atoms with van der Waals surface area (Å²) in [7, 11) is 0. The molecule has 1 unspecified atom stereocenters. The number of carboxylic acids is 1. The normalized spacial score (nSPS) is 17.6. The molecular weight excluding hydrogens is 541 g/mol. The van der Waals surface area contributed by atoms with Crippen LogP contribution in [0.2, 0.25) is 0 Å². The molecule has 0 radical (unpaired) electrons. The van der Waals surface area contributed by atoms with E-state index in [1.807, 2.05) is 54.6 Å². The number of anilines is 1. The van der Waals surface area contributed by atoms with Crippen LogP contribution in [0.3, 0.4) is 0 Å². The van der Waals surface area contributed by atoms with Crippen molar-refractivity contribution in [3.05, 3.63) is 99.6 Å². The standard InChI is InChI=1S/C31H30FN5O5/c32-26-12-24-28(38)25(31(39)40)15-37(22-8-9-22)29(24)34-30(26)36-14-21(13-33)27(16-36)35-42-18-20-6-10-23(11-7-20)41-17-19-4-2-1-3-5-19/h1-7,10-12,15,21-22H,8-9,13-14,16-18,33H2,(H,39,40)/b35-27+. The Bertz CT molecular complexity index is 1700. The Morgan fingerprint density at radius 2 is 1.83 bits per heavy atom. The van der Waals surface area contributed by atoms with Gasteiger partial charge in [-0.2, -0.15) is 0 Å². The van der Waals surface area contributed by atoms with Crippen LogP contribution in [0.15, 0.2) is 76.8 Å². The second-order valence-electron chi connectivity index (χ2n) is 10.6. The van der Waals surface area contributed by atoms with Gasteiger partial charge in [0.1, 0.15) is 30.2 Å². The highest BCUT2D eigenvalue weighted by atomic mass is 19.1. The molecule has 216 valence electrons. The van der Waals surface area contributed by atoms with Crippen molar-refractivity contribution in [1.29, 1.82) is 0 Å². The van der Waals surface area contributed by atoms with E-state index in [1.165, 1.54) is 6.20 Å². The van der Waals surface area contributed by atoms with E-state index in [1.54, 1.807) is 9.47 Å². The summed E-state index contributed by atoms with van der Waals surface area (Å²) in [6.45, 7) is 1.64. The van der Waals surface area contributed by atoms with Gasteiger partial charge in [-0.15, -0.1) is 0 Å². The summed E-state index contributed by atoms with van der Waals surface area (Å²) >= 11 is 0. The van der Waals surface area contributed by atoms with Crippen molar-refractivity contribution >= 4 is 28.5 Å². The fraction of sp³-hybridized carbons (Fsp3) is 0.290. The number of carbonyl (C=O) groups is 1. The van der Waals surface area contributed by atoms with Crippen molar-refractivity contribution < 1.29 is 23.9 Å². The van der Waals surface area contributed by atoms with Crippen LogP contribution in [0.4, 0.5) is 10.2 Å². The number of hydrogen-bond donors (Lipinski definition) is 2. The third kappa shape index (κ3) is 5.68. The summed E-state index contributed by atoms with van der Waals surface area (Å²) in [4.78, 5) is 36.3. The minimum Gasteiger partial charge on any atom is -0.489 e. The molecular formula is C31H30FN5O5. The maximum Gasteiger partial charge on any atom is 0.341 e. The second kappa shape index (κ2) is 11.6. The summed E-state index contributed by atoms with van der Waals surface area (Å²) < 4.78 is 22.8. The van der Waals surface area contributed by atoms with Crippen LogP contribution in [0.1, 0.15) is 40.4 Å². The number of aromatic nitrogens is 2. The van der Waals surface area contributed by atoms with Crippen molar-refractivity contribution in [2.75, 3.05) is 24.5 Å². The summed E-state index contributed by atoms with van der Waals surface area (Å²) in [5.41, 5.74) is 7.80. The number of hydrogen-bond acceptors (Lipinski definition) is 8. The lowest BCUT2D eigenvalue weighted by Crippen LogP contribution is -2.26. The zero-order valence-corrected chi connectivity index (χ0v) is 22.8. The molecule has 2 aromatic carbocycles. The summed E-state index contributed by atoms with van der Waals surface area (Å²) in [5, 5.41) is 13.8. The first kappa shape index (κ1) is 27.4. The number of pyridine rings is 2. The van der Waals surface area contributed by atoms with Crippen LogP contribution < -0.4 is 20.8 Å². The van der Waals surface area contributed by atoms with Crippen LogP contribution in [0, 0.1) is 11.7 Å². The van der Waals surface area contributed by atoms with E-state index in [4.69, 9.17) is 15.3 Å². The zero-order valence-electron chi connectivity index (χ0n) is 22.8. The molecule has 2 aliphatic rings. The van der Waals surface area contributed by atoms with Gasteiger partial charge in [-0.05, 0) is 42.2 Å². The smallest absolute Gasteiger partial charge is 0.341 e. The van der Waals surface area contributed by atoms with Crippen molar-refractivity contribution in [2.45, 2.75) is 32.1 Å². The van der Waals surface area contributed by atoms with E-state index in [2.05, 4.69) is 10.1 Å². The van der Waals surface area contributed by atoms with Crippen molar-refractivity contribution in [3.63, 3.8) is 0 Å². The number of carboxylic acid groups (broad SMARTS) is 1. The Labute approximate surface area is 240 Å². The van der Waals surface area contributed by atoms with E-state index < -0.39 is 22.8 Å². The predicted octanol–water partition coefficient (Wildman–Crippen LogP) is 4.12. The average Bonchev–Trinajstić information content (AvgIpc) is 3.76. The van der Waals surface area contributed by atoms with Gasteiger partial charge in [0.2, 0.25) is 5.43 Å². The Hall–Kier alpha value is -4.77. The van der Waals surface area contributed by atoms with Crippen molar-refractivity contribution in [1.82, 2.24) is 9.55 Å². The molecule has 3 N–H and O–H groups in total. The maximum atomic E-state index is 15.3. The first-order valence-electron chi connectivity index (χ1n) is 13.8. The first-order valence-corrected chi connectivity index (χ1v) is 13.8. The molecule has 1 aliphatic heterocycles. The van der Waals surface area contributed by atoms with Gasteiger partial charge in [-0.25, -0.2) is 14.2 Å². The topological polar surface area (TPSA) is 132 Å². The highest BCUT2D eigenvalue weighted by molar-refractivity contribution is 5.95. The fourth-order valence-electron chi connectivity index (χ4n) is 5.09. The van der Waals surface area contributed by atoms with E-state index in [0.717, 1.165) is 35.8 Å². The van der Waals surface area contributed by atoms with E-state index in [-0.39, 0.29) is 48.5 Å². The van der Waals surface area contributed by atoms with Gasteiger partial charge in [-0.1, -0.05) is 47.6 Å². The average molecular weight is 572 g/mol. The number of rotatable bonds is 10. The molecule has 1 saturated heterocycles. The van der Waals surface area contributed by atoms with Gasteiger partial charge in [0.15, 0.2) is 11.6 Å². The molecule has 6 rings (SSSR count). The largest absolute Gasteiger partial charge is 0.489 e. The number of nitrogens with two attached hydrogens (primary N) is 1. The highest BCUT2D eigenvalue weighted by Gasteiger charge is 2.33. The van der Waals surface area contributed by atoms with Crippen LogP contribution in [-0.2, 0) is 18.1 Å². The molecule has 2 fully saturated rings. The monoisotopic (exact) mass is 571 g/mol. The number of aromatic carboxylic acids is 1. The van der Waals surface area contributed by atoms with Crippen LogP contribution >= 0.6 is 0 Å². The van der Waals surface area contributed by atoms with Crippen LogP contribution in [0.25, 0.3) is 11.0 Å².